The highest BCUT2D eigenvalue weighted by molar-refractivity contribution is 7.98. The summed E-state index contributed by atoms with van der Waals surface area (Å²) < 4.78 is 23.1. The van der Waals surface area contributed by atoms with Crippen molar-refractivity contribution in [2.45, 2.75) is 15.5 Å². The van der Waals surface area contributed by atoms with Gasteiger partial charge in [0.05, 0.1) is 21.7 Å². The van der Waals surface area contributed by atoms with E-state index < -0.39 is 9.84 Å². The number of nitrogens with zero attached hydrogens (tertiary/aromatic N) is 1. The van der Waals surface area contributed by atoms with Gasteiger partial charge in [-0.25, -0.2) is 13.4 Å². The molecule has 1 N–H and O–H groups in total. The number of aromatic nitrogens is 2. The van der Waals surface area contributed by atoms with E-state index in [2.05, 4.69) is 22.1 Å². The number of sulfone groups is 1. The molecule has 0 aliphatic heterocycles. The first-order valence-corrected chi connectivity index (χ1v) is 9.26. The summed E-state index contributed by atoms with van der Waals surface area (Å²) in [5.41, 5.74) is 1.53. The number of thioether (sulfide) groups is 1. The normalized spacial score (nSPS) is 11.9. The molecule has 0 radical (unpaired) electrons. The first-order chi connectivity index (χ1) is 10.0. The maximum atomic E-state index is 11.6. The Bertz CT molecular complexity index is 871. The molecular weight excluding hydrogens is 304 g/mol. The second-order valence-electron chi connectivity index (χ2n) is 4.74. The second-order valence-corrected chi connectivity index (χ2v) is 7.80. The maximum absolute atomic E-state index is 11.6. The molecule has 3 aromatic rings. The average Bonchev–Trinajstić information content (AvgIpc) is 2.87. The molecule has 0 bridgehead atoms. The van der Waals surface area contributed by atoms with Gasteiger partial charge >= 0.3 is 0 Å². The van der Waals surface area contributed by atoms with Crippen LogP contribution in [0.15, 0.2) is 58.3 Å². The first kappa shape index (κ1) is 14.2. The molecule has 0 amide bonds. The van der Waals surface area contributed by atoms with Gasteiger partial charge in [-0.15, -0.1) is 11.8 Å². The van der Waals surface area contributed by atoms with Crippen LogP contribution in [-0.4, -0.2) is 24.6 Å². The molecule has 21 heavy (non-hydrogen) atoms. The van der Waals surface area contributed by atoms with Gasteiger partial charge in [0.15, 0.2) is 9.84 Å². The van der Waals surface area contributed by atoms with E-state index in [1.807, 2.05) is 18.2 Å². The number of hydrogen-bond donors (Lipinski definition) is 1. The fourth-order valence-electron chi connectivity index (χ4n) is 2.01. The molecule has 1 heterocycles. The van der Waals surface area contributed by atoms with Crippen molar-refractivity contribution in [1.82, 2.24) is 9.97 Å². The zero-order valence-corrected chi connectivity index (χ0v) is 13.0. The Hall–Kier alpha value is -1.79. The van der Waals surface area contributed by atoms with Crippen molar-refractivity contribution in [3.8, 4) is 0 Å². The minimum Gasteiger partial charge on any atom is -0.341 e. The van der Waals surface area contributed by atoms with Crippen LogP contribution >= 0.6 is 11.8 Å². The van der Waals surface area contributed by atoms with Crippen LogP contribution in [0.3, 0.4) is 0 Å². The number of imidazole rings is 1. The third-order valence-electron chi connectivity index (χ3n) is 3.05. The third kappa shape index (κ3) is 3.28. The Balaban J connectivity index is 1.84. The Morgan fingerprint density at radius 2 is 1.90 bits per heavy atom. The minimum atomic E-state index is -3.19. The lowest BCUT2D eigenvalue weighted by Gasteiger charge is -1.97. The molecule has 0 spiro atoms. The highest BCUT2D eigenvalue weighted by Crippen LogP contribution is 2.23. The van der Waals surface area contributed by atoms with E-state index >= 15 is 0 Å². The molecule has 1 aromatic heterocycles. The van der Waals surface area contributed by atoms with Crippen molar-refractivity contribution in [3.05, 3.63) is 54.4 Å². The molecule has 108 valence electrons. The number of hydrogen-bond acceptors (Lipinski definition) is 4. The summed E-state index contributed by atoms with van der Waals surface area (Å²) in [6.07, 6.45) is 1.21. The van der Waals surface area contributed by atoms with Crippen LogP contribution in [0.4, 0.5) is 0 Å². The first-order valence-electron chi connectivity index (χ1n) is 6.39. The van der Waals surface area contributed by atoms with Crippen LogP contribution in [0.5, 0.6) is 0 Å². The predicted molar refractivity (Wildman–Crippen MR) is 85.2 cm³/mol. The average molecular weight is 318 g/mol. The summed E-state index contributed by atoms with van der Waals surface area (Å²) in [4.78, 5) is 9.14. The van der Waals surface area contributed by atoms with Crippen LogP contribution in [-0.2, 0) is 15.6 Å². The van der Waals surface area contributed by atoms with E-state index in [0.717, 1.165) is 16.9 Å². The SMILES string of the molecule is CS(=O)(=O)c1ccc2nc(CSc3ccccc3)[nH]c2c1. The molecule has 2 aromatic carbocycles. The number of rotatable bonds is 4. The summed E-state index contributed by atoms with van der Waals surface area (Å²) in [7, 11) is -3.19. The molecular formula is C15H14N2O2S2. The number of aromatic amines is 1. The summed E-state index contributed by atoms with van der Waals surface area (Å²) in [6, 6.07) is 15.0. The van der Waals surface area contributed by atoms with E-state index in [0.29, 0.717) is 10.6 Å². The number of fused-ring (bicyclic) bond motifs is 1. The van der Waals surface area contributed by atoms with Gasteiger partial charge in [0.2, 0.25) is 0 Å². The lowest BCUT2D eigenvalue weighted by molar-refractivity contribution is 0.602. The predicted octanol–water partition coefficient (Wildman–Crippen LogP) is 3.26. The van der Waals surface area contributed by atoms with Crippen molar-refractivity contribution in [2.75, 3.05) is 6.26 Å². The Kier molecular flexibility index (Phi) is 3.73. The lowest BCUT2D eigenvalue weighted by Crippen LogP contribution is -1.96. The molecule has 0 aliphatic rings. The summed E-state index contributed by atoms with van der Waals surface area (Å²) in [5, 5.41) is 0. The highest BCUT2D eigenvalue weighted by Gasteiger charge is 2.10. The van der Waals surface area contributed by atoms with E-state index in [9.17, 15) is 8.42 Å². The molecule has 4 nitrogen and oxygen atoms in total. The van der Waals surface area contributed by atoms with Gasteiger partial charge < -0.3 is 4.98 Å². The lowest BCUT2D eigenvalue weighted by atomic mass is 10.3. The molecule has 0 fully saturated rings. The van der Waals surface area contributed by atoms with E-state index in [1.54, 1.807) is 30.0 Å². The van der Waals surface area contributed by atoms with Gasteiger partial charge in [-0.3, -0.25) is 0 Å². The van der Waals surface area contributed by atoms with Gasteiger partial charge in [0.25, 0.3) is 0 Å². The Labute approximate surface area is 127 Å². The van der Waals surface area contributed by atoms with Gasteiger partial charge in [-0.05, 0) is 30.3 Å². The van der Waals surface area contributed by atoms with Crippen LogP contribution in [0, 0.1) is 0 Å². The van der Waals surface area contributed by atoms with Crippen molar-refractivity contribution < 1.29 is 8.42 Å². The summed E-state index contributed by atoms with van der Waals surface area (Å²) in [5.74, 6) is 1.55. The quantitative estimate of drug-likeness (QED) is 0.750. The van der Waals surface area contributed by atoms with Crippen molar-refractivity contribution in [1.29, 1.82) is 0 Å². The minimum absolute atomic E-state index is 0.306. The standard InChI is InChI=1S/C15H14N2O2S2/c1-21(18,19)12-7-8-13-14(9-12)17-15(16-13)10-20-11-5-3-2-4-6-11/h2-9H,10H2,1H3,(H,16,17). The fourth-order valence-corrected chi connectivity index (χ4v) is 3.45. The van der Waals surface area contributed by atoms with E-state index in [1.165, 1.54) is 11.2 Å². The number of H-pyrrole nitrogens is 1. The number of nitrogens with one attached hydrogen (secondary N) is 1. The maximum Gasteiger partial charge on any atom is 0.175 e. The van der Waals surface area contributed by atoms with Crippen LogP contribution in [0.1, 0.15) is 5.82 Å². The second kappa shape index (κ2) is 5.54. The van der Waals surface area contributed by atoms with E-state index in [4.69, 9.17) is 0 Å². The van der Waals surface area contributed by atoms with E-state index in [-0.39, 0.29) is 0 Å². The van der Waals surface area contributed by atoms with Gasteiger partial charge in [0, 0.05) is 11.2 Å². The molecule has 6 heteroatoms. The fraction of sp³-hybridized carbons (Fsp3) is 0.133. The Morgan fingerprint density at radius 1 is 1.14 bits per heavy atom. The molecule has 0 atom stereocenters. The largest absolute Gasteiger partial charge is 0.341 e. The molecule has 0 unspecified atom stereocenters. The van der Waals surface area contributed by atoms with Crippen molar-refractivity contribution in [3.63, 3.8) is 0 Å². The zero-order chi connectivity index (χ0) is 14.9. The topological polar surface area (TPSA) is 62.8 Å². The zero-order valence-electron chi connectivity index (χ0n) is 11.4. The summed E-state index contributed by atoms with van der Waals surface area (Å²) >= 11 is 1.69. The molecule has 0 aliphatic carbocycles. The molecule has 3 rings (SSSR count). The smallest absolute Gasteiger partial charge is 0.175 e. The van der Waals surface area contributed by atoms with Crippen molar-refractivity contribution in [2.24, 2.45) is 0 Å². The molecule has 0 saturated carbocycles. The van der Waals surface area contributed by atoms with Crippen molar-refractivity contribution >= 4 is 32.6 Å². The van der Waals surface area contributed by atoms with Gasteiger partial charge in [0.1, 0.15) is 5.82 Å². The van der Waals surface area contributed by atoms with Crippen LogP contribution < -0.4 is 0 Å². The highest BCUT2D eigenvalue weighted by atomic mass is 32.2. The van der Waals surface area contributed by atoms with Gasteiger partial charge in [-0.1, -0.05) is 18.2 Å². The van der Waals surface area contributed by atoms with Gasteiger partial charge in [-0.2, -0.15) is 0 Å². The molecule has 0 saturated heterocycles. The monoisotopic (exact) mass is 318 g/mol. The van der Waals surface area contributed by atoms with Crippen LogP contribution in [0.2, 0.25) is 0 Å². The summed E-state index contributed by atoms with van der Waals surface area (Å²) in [6.45, 7) is 0. The Morgan fingerprint density at radius 3 is 2.62 bits per heavy atom. The van der Waals surface area contributed by atoms with Crippen LogP contribution in [0.25, 0.3) is 11.0 Å². The number of benzene rings is 2. The third-order valence-corrected chi connectivity index (χ3v) is 5.18.